The third kappa shape index (κ3) is 2.61. The molecule has 0 atom stereocenters. The topological polar surface area (TPSA) is 33.0 Å². The number of rotatable bonds is 2. The second-order valence-electron chi connectivity index (χ2n) is 3.46. The molecule has 0 aliphatic carbocycles. The Morgan fingerprint density at radius 3 is 2.17 bits per heavy atom. The minimum Gasteiger partial charge on any atom is -0.454 e. The van der Waals surface area contributed by atoms with Crippen LogP contribution in [0.15, 0.2) is 36.4 Å². The number of hydrogen-bond acceptors (Lipinski definition) is 2. The summed E-state index contributed by atoms with van der Waals surface area (Å²) >= 11 is 0. The normalized spacial score (nSPS) is 9.89. The SMILES string of the molecule is N#Cc1ccc(Oc2cc(F)cc(F)c2)c(F)c1. The van der Waals surface area contributed by atoms with Gasteiger partial charge in [-0.15, -0.1) is 0 Å². The Morgan fingerprint density at radius 2 is 1.61 bits per heavy atom. The summed E-state index contributed by atoms with van der Waals surface area (Å²) in [6.07, 6.45) is 0. The van der Waals surface area contributed by atoms with E-state index in [4.69, 9.17) is 10.00 Å². The average Bonchev–Trinajstić information content (AvgIpc) is 2.30. The minimum absolute atomic E-state index is 0.130. The van der Waals surface area contributed by atoms with E-state index in [0.29, 0.717) is 6.07 Å². The fourth-order valence-electron chi connectivity index (χ4n) is 1.37. The summed E-state index contributed by atoms with van der Waals surface area (Å²) in [7, 11) is 0. The van der Waals surface area contributed by atoms with Crippen LogP contribution in [0.3, 0.4) is 0 Å². The molecular weight excluding hydrogens is 243 g/mol. The van der Waals surface area contributed by atoms with E-state index in [1.165, 1.54) is 12.1 Å². The molecule has 0 aromatic heterocycles. The number of benzene rings is 2. The second-order valence-corrected chi connectivity index (χ2v) is 3.46. The van der Waals surface area contributed by atoms with Crippen molar-refractivity contribution in [3.05, 3.63) is 59.4 Å². The van der Waals surface area contributed by atoms with Gasteiger partial charge < -0.3 is 4.74 Å². The molecule has 90 valence electrons. The highest BCUT2D eigenvalue weighted by Gasteiger charge is 2.08. The third-order valence-corrected chi connectivity index (χ3v) is 2.12. The van der Waals surface area contributed by atoms with E-state index in [1.54, 1.807) is 6.07 Å². The summed E-state index contributed by atoms with van der Waals surface area (Å²) in [5.41, 5.74) is 0.130. The van der Waals surface area contributed by atoms with Gasteiger partial charge in [-0.3, -0.25) is 0 Å². The van der Waals surface area contributed by atoms with Crippen LogP contribution < -0.4 is 4.74 Å². The summed E-state index contributed by atoms with van der Waals surface area (Å²) in [5.74, 6) is -2.79. The third-order valence-electron chi connectivity index (χ3n) is 2.12. The van der Waals surface area contributed by atoms with Gasteiger partial charge in [0.15, 0.2) is 11.6 Å². The van der Waals surface area contributed by atoms with Crippen molar-refractivity contribution in [2.24, 2.45) is 0 Å². The molecule has 0 fully saturated rings. The summed E-state index contributed by atoms with van der Waals surface area (Å²) in [5, 5.41) is 8.56. The van der Waals surface area contributed by atoms with Gasteiger partial charge in [0.1, 0.15) is 17.4 Å². The molecule has 2 nitrogen and oxygen atoms in total. The summed E-state index contributed by atoms with van der Waals surface area (Å²) in [4.78, 5) is 0. The molecule has 18 heavy (non-hydrogen) atoms. The molecule has 0 saturated heterocycles. The lowest BCUT2D eigenvalue weighted by Crippen LogP contribution is -1.91. The van der Waals surface area contributed by atoms with Crippen LogP contribution in [0.25, 0.3) is 0 Å². The highest BCUT2D eigenvalue weighted by molar-refractivity contribution is 5.38. The largest absolute Gasteiger partial charge is 0.454 e. The Hall–Kier alpha value is -2.48. The molecule has 0 amide bonds. The number of nitrogens with zero attached hydrogens (tertiary/aromatic N) is 1. The lowest BCUT2D eigenvalue weighted by atomic mass is 10.2. The lowest BCUT2D eigenvalue weighted by Gasteiger charge is -2.07. The molecule has 0 bridgehead atoms. The predicted octanol–water partition coefficient (Wildman–Crippen LogP) is 3.77. The van der Waals surface area contributed by atoms with Crippen LogP contribution in [-0.4, -0.2) is 0 Å². The fraction of sp³-hybridized carbons (Fsp3) is 0. The quantitative estimate of drug-likeness (QED) is 0.811. The number of nitriles is 1. The van der Waals surface area contributed by atoms with Crippen molar-refractivity contribution in [1.29, 1.82) is 5.26 Å². The number of halogens is 3. The minimum atomic E-state index is -0.820. The van der Waals surface area contributed by atoms with Crippen LogP contribution in [0.2, 0.25) is 0 Å². The number of hydrogen-bond donors (Lipinski definition) is 0. The Balaban J connectivity index is 2.31. The predicted molar refractivity (Wildman–Crippen MR) is 57.5 cm³/mol. The maximum Gasteiger partial charge on any atom is 0.167 e. The molecule has 2 aromatic carbocycles. The molecule has 0 unspecified atom stereocenters. The standard InChI is InChI=1S/C13H6F3NO/c14-9-4-10(15)6-11(5-9)18-13-2-1-8(7-17)3-12(13)16/h1-6H. The first-order valence-corrected chi connectivity index (χ1v) is 4.92. The lowest BCUT2D eigenvalue weighted by molar-refractivity contribution is 0.434. The first-order chi connectivity index (χ1) is 8.58. The van der Waals surface area contributed by atoms with E-state index in [1.807, 2.05) is 0 Å². The van der Waals surface area contributed by atoms with Crippen LogP contribution in [0.4, 0.5) is 13.2 Å². The van der Waals surface area contributed by atoms with Crippen LogP contribution in [-0.2, 0) is 0 Å². The van der Waals surface area contributed by atoms with Crippen molar-refractivity contribution in [3.63, 3.8) is 0 Å². The first kappa shape index (κ1) is 12.0. The molecule has 0 spiro atoms. The van der Waals surface area contributed by atoms with Crippen LogP contribution in [0, 0.1) is 28.8 Å². The van der Waals surface area contributed by atoms with E-state index in [9.17, 15) is 13.2 Å². The van der Waals surface area contributed by atoms with Crippen LogP contribution in [0.1, 0.15) is 5.56 Å². The molecule has 0 N–H and O–H groups in total. The van der Waals surface area contributed by atoms with Crippen molar-refractivity contribution in [3.8, 4) is 17.6 Å². The van der Waals surface area contributed by atoms with Crippen molar-refractivity contribution in [2.75, 3.05) is 0 Å². The highest BCUT2D eigenvalue weighted by atomic mass is 19.1. The average molecular weight is 249 g/mol. The highest BCUT2D eigenvalue weighted by Crippen LogP contribution is 2.26. The van der Waals surface area contributed by atoms with Gasteiger partial charge >= 0.3 is 0 Å². The monoisotopic (exact) mass is 249 g/mol. The van der Waals surface area contributed by atoms with E-state index in [-0.39, 0.29) is 17.1 Å². The van der Waals surface area contributed by atoms with Gasteiger partial charge in [-0.1, -0.05) is 0 Å². The van der Waals surface area contributed by atoms with Crippen molar-refractivity contribution in [2.45, 2.75) is 0 Å². The van der Waals surface area contributed by atoms with Gasteiger partial charge in [0, 0.05) is 18.2 Å². The van der Waals surface area contributed by atoms with Crippen LogP contribution in [0.5, 0.6) is 11.5 Å². The van der Waals surface area contributed by atoms with Gasteiger partial charge in [0.25, 0.3) is 0 Å². The van der Waals surface area contributed by atoms with Gasteiger partial charge in [-0.05, 0) is 18.2 Å². The zero-order valence-corrected chi connectivity index (χ0v) is 8.95. The zero-order valence-electron chi connectivity index (χ0n) is 8.95. The molecule has 0 radical (unpaired) electrons. The van der Waals surface area contributed by atoms with Gasteiger partial charge in [0.2, 0.25) is 0 Å². The molecule has 0 aliphatic rings. The summed E-state index contributed by atoms with van der Waals surface area (Å²) < 4.78 is 44.3. The molecule has 2 aromatic rings. The van der Waals surface area contributed by atoms with Gasteiger partial charge in [-0.2, -0.15) is 5.26 Å². The van der Waals surface area contributed by atoms with E-state index < -0.39 is 17.5 Å². The Kier molecular flexibility index (Phi) is 3.20. The fourth-order valence-corrected chi connectivity index (χ4v) is 1.37. The summed E-state index contributed by atoms with van der Waals surface area (Å²) in [6.45, 7) is 0. The molecule has 0 saturated carbocycles. The maximum absolute atomic E-state index is 13.5. The first-order valence-electron chi connectivity index (χ1n) is 4.92. The number of ether oxygens (including phenoxy) is 1. The Bertz CT molecular complexity index is 614. The Morgan fingerprint density at radius 1 is 0.944 bits per heavy atom. The maximum atomic E-state index is 13.5. The van der Waals surface area contributed by atoms with Crippen molar-refractivity contribution >= 4 is 0 Å². The van der Waals surface area contributed by atoms with Gasteiger partial charge in [-0.25, -0.2) is 13.2 Å². The van der Waals surface area contributed by atoms with E-state index in [2.05, 4.69) is 0 Å². The van der Waals surface area contributed by atoms with Crippen molar-refractivity contribution in [1.82, 2.24) is 0 Å². The van der Waals surface area contributed by atoms with Crippen LogP contribution >= 0.6 is 0 Å². The molecule has 0 aliphatic heterocycles. The summed E-state index contributed by atoms with van der Waals surface area (Å²) in [6, 6.07) is 7.84. The van der Waals surface area contributed by atoms with Gasteiger partial charge in [0.05, 0.1) is 11.6 Å². The smallest absolute Gasteiger partial charge is 0.167 e. The van der Waals surface area contributed by atoms with Crippen molar-refractivity contribution < 1.29 is 17.9 Å². The molecule has 0 heterocycles. The van der Waals surface area contributed by atoms with E-state index in [0.717, 1.165) is 18.2 Å². The molecule has 5 heteroatoms. The molecule has 2 rings (SSSR count). The molecular formula is C13H6F3NO. The Labute approximate surface area is 101 Å². The van der Waals surface area contributed by atoms with E-state index >= 15 is 0 Å². The second kappa shape index (κ2) is 4.80. The zero-order chi connectivity index (χ0) is 13.1.